The first-order chi connectivity index (χ1) is 17.2. The van der Waals surface area contributed by atoms with Crippen molar-refractivity contribution in [3.63, 3.8) is 0 Å². The summed E-state index contributed by atoms with van der Waals surface area (Å²) >= 11 is 0. The number of benzene rings is 1. The zero-order valence-electron chi connectivity index (χ0n) is 20.0. The summed E-state index contributed by atoms with van der Waals surface area (Å²) in [5.41, 5.74) is -0.416. The molecule has 7 nitrogen and oxygen atoms in total. The molecular weight excluding hydrogens is 471 g/mol. The van der Waals surface area contributed by atoms with E-state index in [0.717, 1.165) is 6.07 Å². The molecule has 0 aliphatic carbocycles. The summed E-state index contributed by atoms with van der Waals surface area (Å²) in [4.78, 5) is 33.5. The molecular formula is C26H28F3N5O2. The molecule has 0 spiro atoms. The Labute approximate surface area is 207 Å². The van der Waals surface area contributed by atoms with Gasteiger partial charge in [0.2, 0.25) is 5.91 Å². The largest absolute Gasteiger partial charge is 0.417 e. The number of pyridine rings is 1. The lowest BCUT2D eigenvalue weighted by Crippen LogP contribution is -2.41. The van der Waals surface area contributed by atoms with Crippen LogP contribution < -0.4 is 10.2 Å². The third kappa shape index (κ3) is 5.30. The fourth-order valence-electron chi connectivity index (χ4n) is 5.37. The van der Waals surface area contributed by atoms with Crippen LogP contribution in [0.4, 0.5) is 18.9 Å². The van der Waals surface area contributed by atoms with Gasteiger partial charge in [0.1, 0.15) is 0 Å². The van der Waals surface area contributed by atoms with Gasteiger partial charge in [-0.1, -0.05) is 0 Å². The van der Waals surface area contributed by atoms with Crippen molar-refractivity contribution in [2.45, 2.75) is 25.9 Å². The molecule has 4 rings (SSSR count). The molecule has 2 aromatic rings. The highest BCUT2D eigenvalue weighted by Gasteiger charge is 2.44. The predicted molar refractivity (Wildman–Crippen MR) is 127 cm³/mol. The summed E-state index contributed by atoms with van der Waals surface area (Å²) in [6.45, 7) is 4.19. The lowest BCUT2D eigenvalue weighted by Gasteiger charge is -2.37. The molecule has 2 atom stereocenters. The predicted octanol–water partition coefficient (Wildman–Crippen LogP) is 3.71. The van der Waals surface area contributed by atoms with E-state index in [1.54, 1.807) is 35.4 Å². The van der Waals surface area contributed by atoms with Crippen LogP contribution >= 0.6 is 0 Å². The Morgan fingerprint density at radius 2 is 1.94 bits per heavy atom. The fourth-order valence-corrected chi connectivity index (χ4v) is 5.37. The van der Waals surface area contributed by atoms with Crippen LogP contribution in [-0.2, 0) is 11.0 Å². The van der Waals surface area contributed by atoms with Crippen molar-refractivity contribution in [1.82, 2.24) is 15.2 Å². The van der Waals surface area contributed by atoms with E-state index in [2.05, 4.69) is 10.3 Å². The molecule has 2 fully saturated rings. The molecule has 3 heterocycles. The van der Waals surface area contributed by atoms with Crippen LogP contribution in [0.15, 0.2) is 42.7 Å². The maximum absolute atomic E-state index is 13.4. The number of nitrogens with one attached hydrogen (secondary N) is 1. The second-order valence-corrected chi connectivity index (χ2v) is 9.28. The summed E-state index contributed by atoms with van der Waals surface area (Å²) in [5, 5.41) is 11.9. The molecule has 0 saturated carbocycles. The Bertz CT molecular complexity index is 1140. The molecule has 0 radical (unpaired) electrons. The SMILES string of the molecule is CCNC(=O)[C@@H]1CN(C(=O)c2cccnc2)C[C@H]1C1CCN(c2ccc(C#N)c(C(F)(F)F)c2)CC1. The standard InChI is InChI=1S/C26H28F3N5O2/c1-2-32-24(35)22-16-34(25(36)19-4-3-9-31-14-19)15-21(22)17-7-10-33(11-8-17)20-6-5-18(13-30)23(12-20)26(27,28)29/h3-6,9,12,14,17,21-22H,2,7-8,10-11,15-16H2,1H3,(H,32,35)/t21-,22+/m0/s1. The van der Waals surface area contributed by atoms with Crippen LogP contribution in [0, 0.1) is 29.1 Å². The molecule has 36 heavy (non-hydrogen) atoms. The monoisotopic (exact) mass is 499 g/mol. The van der Waals surface area contributed by atoms with Crippen LogP contribution in [-0.4, -0.2) is 54.4 Å². The number of carbonyl (C=O) groups excluding carboxylic acids is 2. The minimum Gasteiger partial charge on any atom is -0.372 e. The van der Waals surface area contributed by atoms with Crippen molar-refractivity contribution in [3.8, 4) is 6.07 Å². The molecule has 1 aromatic heterocycles. The number of hydrogen-bond acceptors (Lipinski definition) is 5. The number of aromatic nitrogens is 1. The van der Waals surface area contributed by atoms with Gasteiger partial charge >= 0.3 is 6.18 Å². The Hall–Kier alpha value is -3.61. The Balaban J connectivity index is 1.48. The average molecular weight is 500 g/mol. The topological polar surface area (TPSA) is 89.3 Å². The van der Waals surface area contributed by atoms with E-state index in [4.69, 9.17) is 5.26 Å². The third-order valence-electron chi connectivity index (χ3n) is 7.19. The first-order valence-corrected chi connectivity index (χ1v) is 12.1. The van der Waals surface area contributed by atoms with Crippen LogP contribution in [0.2, 0.25) is 0 Å². The van der Waals surface area contributed by atoms with Gasteiger partial charge in [-0.15, -0.1) is 0 Å². The van der Waals surface area contributed by atoms with Crippen molar-refractivity contribution < 1.29 is 22.8 Å². The highest BCUT2D eigenvalue weighted by atomic mass is 19.4. The molecule has 190 valence electrons. The summed E-state index contributed by atoms with van der Waals surface area (Å²) in [5.74, 6) is -0.455. The smallest absolute Gasteiger partial charge is 0.372 e. The number of carbonyl (C=O) groups is 2. The summed E-state index contributed by atoms with van der Waals surface area (Å²) in [6.07, 6.45) is -0.108. The van der Waals surface area contributed by atoms with Crippen molar-refractivity contribution >= 4 is 17.5 Å². The average Bonchev–Trinajstić information content (AvgIpc) is 3.34. The second kappa shape index (κ2) is 10.6. The van der Waals surface area contributed by atoms with Gasteiger partial charge in [-0.2, -0.15) is 18.4 Å². The normalized spacial score (nSPS) is 20.8. The Kier molecular flexibility index (Phi) is 7.48. The van der Waals surface area contributed by atoms with Gasteiger partial charge in [0.05, 0.1) is 28.7 Å². The van der Waals surface area contributed by atoms with Crippen LogP contribution in [0.5, 0.6) is 0 Å². The van der Waals surface area contributed by atoms with Gasteiger partial charge in [0, 0.05) is 50.8 Å². The number of amides is 2. The van der Waals surface area contributed by atoms with Crippen LogP contribution in [0.25, 0.3) is 0 Å². The first-order valence-electron chi connectivity index (χ1n) is 12.1. The zero-order valence-corrected chi connectivity index (χ0v) is 20.0. The van der Waals surface area contributed by atoms with Crippen molar-refractivity contribution in [2.24, 2.45) is 17.8 Å². The number of piperidine rings is 1. The number of anilines is 1. The number of rotatable bonds is 5. The Morgan fingerprint density at radius 1 is 1.19 bits per heavy atom. The van der Waals surface area contributed by atoms with Gasteiger partial charge in [-0.3, -0.25) is 14.6 Å². The molecule has 1 N–H and O–H groups in total. The van der Waals surface area contributed by atoms with Crippen LogP contribution in [0.1, 0.15) is 41.3 Å². The van der Waals surface area contributed by atoms with Crippen molar-refractivity contribution in [2.75, 3.05) is 37.6 Å². The minimum absolute atomic E-state index is 0.0361. The molecule has 10 heteroatoms. The summed E-state index contributed by atoms with van der Waals surface area (Å²) in [6, 6.07) is 8.83. The minimum atomic E-state index is -4.60. The maximum atomic E-state index is 13.4. The van der Waals surface area contributed by atoms with E-state index in [9.17, 15) is 22.8 Å². The van der Waals surface area contributed by atoms with Crippen molar-refractivity contribution in [3.05, 3.63) is 59.4 Å². The second-order valence-electron chi connectivity index (χ2n) is 9.28. The lowest BCUT2D eigenvalue weighted by molar-refractivity contribution is -0.137. The number of nitriles is 1. The van der Waals surface area contributed by atoms with Gasteiger partial charge in [-0.05, 0) is 61.9 Å². The molecule has 2 aliphatic heterocycles. The van der Waals surface area contributed by atoms with E-state index in [1.165, 1.54) is 12.3 Å². The number of halogens is 3. The number of nitrogens with zero attached hydrogens (tertiary/aromatic N) is 4. The number of hydrogen-bond donors (Lipinski definition) is 1. The molecule has 2 saturated heterocycles. The molecule has 0 bridgehead atoms. The highest BCUT2D eigenvalue weighted by Crippen LogP contribution is 2.39. The zero-order chi connectivity index (χ0) is 25.9. The molecule has 1 aromatic carbocycles. The molecule has 2 aliphatic rings. The van der Waals surface area contributed by atoms with E-state index < -0.39 is 17.3 Å². The quantitative estimate of drug-likeness (QED) is 0.678. The lowest BCUT2D eigenvalue weighted by atomic mass is 9.78. The maximum Gasteiger partial charge on any atom is 0.417 e. The fraction of sp³-hybridized carbons (Fsp3) is 0.462. The van der Waals surface area contributed by atoms with Gasteiger partial charge in [0.15, 0.2) is 0 Å². The summed E-state index contributed by atoms with van der Waals surface area (Å²) < 4.78 is 40.2. The van der Waals surface area contributed by atoms with E-state index >= 15 is 0 Å². The van der Waals surface area contributed by atoms with E-state index in [0.29, 0.717) is 56.8 Å². The van der Waals surface area contributed by atoms with Gasteiger partial charge < -0.3 is 15.1 Å². The first kappa shape index (κ1) is 25.5. The van der Waals surface area contributed by atoms with Crippen LogP contribution in [0.3, 0.4) is 0 Å². The Morgan fingerprint density at radius 3 is 2.56 bits per heavy atom. The third-order valence-corrected chi connectivity index (χ3v) is 7.19. The summed E-state index contributed by atoms with van der Waals surface area (Å²) in [7, 11) is 0. The van der Waals surface area contributed by atoms with E-state index in [1.807, 2.05) is 11.8 Å². The van der Waals surface area contributed by atoms with Gasteiger partial charge in [-0.25, -0.2) is 0 Å². The van der Waals surface area contributed by atoms with Gasteiger partial charge in [0.25, 0.3) is 5.91 Å². The highest BCUT2D eigenvalue weighted by molar-refractivity contribution is 5.94. The van der Waals surface area contributed by atoms with Crippen molar-refractivity contribution in [1.29, 1.82) is 5.26 Å². The molecule has 2 amide bonds. The number of alkyl halides is 3. The van der Waals surface area contributed by atoms with E-state index in [-0.39, 0.29) is 29.6 Å². The number of likely N-dealkylation sites (tertiary alicyclic amines) is 1. The molecule has 0 unspecified atom stereocenters.